The van der Waals surface area contributed by atoms with Gasteiger partial charge in [-0.25, -0.2) is 0 Å². The van der Waals surface area contributed by atoms with E-state index in [2.05, 4.69) is 34.4 Å². The maximum absolute atomic E-state index is 11.9. The molecule has 0 atom stereocenters. The highest BCUT2D eigenvalue weighted by Gasteiger charge is 2.05. The van der Waals surface area contributed by atoms with Crippen LogP contribution in [0.1, 0.15) is 15.9 Å². The Hall–Kier alpha value is -1.60. The van der Waals surface area contributed by atoms with Crippen molar-refractivity contribution in [3.05, 3.63) is 69.3 Å². The van der Waals surface area contributed by atoms with E-state index in [0.717, 1.165) is 9.13 Å². The second kappa shape index (κ2) is 5.65. The number of halogens is 1. The fourth-order valence-electron chi connectivity index (χ4n) is 1.36. The highest BCUT2D eigenvalue weighted by Crippen LogP contribution is 2.11. The van der Waals surface area contributed by atoms with Gasteiger partial charge in [0.2, 0.25) is 5.78 Å². The first kappa shape index (κ1) is 11.9. The van der Waals surface area contributed by atoms with Crippen LogP contribution in [-0.2, 0) is 0 Å². The number of hydrogen-bond donors (Lipinski definition) is 0. The topological polar surface area (TPSA) is 17.1 Å². The molecule has 2 aromatic rings. The Morgan fingerprint density at radius 3 is 2.29 bits per heavy atom. The van der Waals surface area contributed by atoms with E-state index in [0.29, 0.717) is 5.56 Å². The molecular weight excluding hydrogens is 323 g/mol. The minimum absolute atomic E-state index is 0.140. The molecule has 0 aliphatic heterocycles. The van der Waals surface area contributed by atoms with Crippen LogP contribution < -0.4 is 0 Å². The summed E-state index contributed by atoms with van der Waals surface area (Å²) in [6.45, 7) is 0. The minimum atomic E-state index is -0.140. The van der Waals surface area contributed by atoms with Gasteiger partial charge in [0.1, 0.15) is 0 Å². The van der Waals surface area contributed by atoms with Crippen molar-refractivity contribution in [1.29, 1.82) is 0 Å². The zero-order chi connectivity index (χ0) is 12.1. The Morgan fingerprint density at radius 1 is 0.941 bits per heavy atom. The summed E-state index contributed by atoms with van der Waals surface area (Å²) in [5, 5.41) is 0. The van der Waals surface area contributed by atoms with E-state index < -0.39 is 0 Å². The van der Waals surface area contributed by atoms with Crippen molar-refractivity contribution in [3.8, 4) is 11.8 Å². The van der Waals surface area contributed by atoms with Gasteiger partial charge >= 0.3 is 0 Å². The van der Waals surface area contributed by atoms with Crippen molar-refractivity contribution in [2.45, 2.75) is 0 Å². The van der Waals surface area contributed by atoms with Gasteiger partial charge in [-0.2, -0.15) is 0 Å². The van der Waals surface area contributed by atoms with Gasteiger partial charge in [-0.1, -0.05) is 36.3 Å². The second-order valence-electron chi connectivity index (χ2n) is 3.42. The van der Waals surface area contributed by atoms with Crippen LogP contribution in [0.4, 0.5) is 0 Å². The molecule has 0 unspecified atom stereocenters. The fourth-order valence-corrected chi connectivity index (χ4v) is 2.00. The molecule has 0 fully saturated rings. The minimum Gasteiger partial charge on any atom is -0.279 e. The molecule has 0 N–H and O–H groups in total. The molecule has 2 rings (SSSR count). The molecule has 0 aromatic heterocycles. The number of Topliss-reactive ketones (excluding diaryl/α,β-unsaturated/α-hetero) is 1. The number of benzene rings is 2. The molecule has 0 radical (unpaired) electrons. The molecule has 0 heterocycles. The second-order valence-corrected chi connectivity index (χ2v) is 4.59. The van der Waals surface area contributed by atoms with Crippen LogP contribution in [0.3, 0.4) is 0 Å². The van der Waals surface area contributed by atoms with Crippen LogP contribution in [0.2, 0.25) is 0 Å². The molecule has 0 saturated carbocycles. The lowest BCUT2D eigenvalue weighted by atomic mass is 10.1. The SMILES string of the molecule is O=C(C#Cc1ccccc1)c1ccccc1I. The molecule has 0 saturated heterocycles. The van der Waals surface area contributed by atoms with Crippen molar-refractivity contribution >= 4 is 28.4 Å². The molecule has 0 aliphatic carbocycles. The van der Waals surface area contributed by atoms with E-state index >= 15 is 0 Å². The lowest BCUT2D eigenvalue weighted by molar-refractivity contribution is 0.105. The molecule has 1 nitrogen and oxygen atoms in total. The molecule has 82 valence electrons. The molecule has 0 amide bonds. The lowest BCUT2D eigenvalue weighted by Gasteiger charge is -1.96. The normalized spacial score (nSPS) is 9.24. The van der Waals surface area contributed by atoms with Gasteiger partial charge in [-0.15, -0.1) is 0 Å². The maximum atomic E-state index is 11.9. The highest BCUT2D eigenvalue weighted by atomic mass is 127. The smallest absolute Gasteiger partial charge is 0.237 e. The highest BCUT2D eigenvalue weighted by molar-refractivity contribution is 14.1. The van der Waals surface area contributed by atoms with Gasteiger partial charge in [0.25, 0.3) is 0 Å². The molecule has 2 heteroatoms. The van der Waals surface area contributed by atoms with E-state index in [4.69, 9.17) is 0 Å². The number of ketones is 1. The largest absolute Gasteiger partial charge is 0.279 e. The van der Waals surface area contributed by atoms with Crippen LogP contribution in [-0.4, -0.2) is 5.78 Å². The third-order valence-electron chi connectivity index (χ3n) is 2.21. The molecule has 2 aromatic carbocycles. The third kappa shape index (κ3) is 3.18. The van der Waals surface area contributed by atoms with E-state index in [1.807, 2.05) is 48.5 Å². The Morgan fingerprint density at radius 2 is 1.59 bits per heavy atom. The number of hydrogen-bond acceptors (Lipinski definition) is 1. The quantitative estimate of drug-likeness (QED) is 0.444. The number of carbonyl (C=O) groups is 1. The van der Waals surface area contributed by atoms with Gasteiger partial charge in [-0.3, -0.25) is 4.79 Å². The first-order valence-electron chi connectivity index (χ1n) is 5.13. The maximum Gasteiger partial charge on any atom is 0.237 e. The van der Waals surface area contributed by atoms with Crippen molar-refractivity contribution in [2.75, 3.05) is 0 Å². The van der Waals surface area contributed by atoms with E-state index in [9.17, 15) is 4.79 Å². The predicted octanol–water partition coefficient (Wildman–Crippen LogP) is 3.53. The summed E-state index contributed by atoms with van der Waals surface area (Å²) in [4.78, 5) is 11.9. The van der Waals surface area contributed by atoms with Gasteiger partial charge in [0, 0.05) is 14.7 Å². The van der Waals surface area contributed by atoms with Crippen LogP contribution in [0.25, 0.3) is 0 Å². The lowest BCUT2D eigenvalue weighted by Crippen LogP contribution is -1.97. The Balaban J connectivity index is 2.24. The van der Waals surface area contributed by atoms with Crippen molar-refractivity contribution in [3.63, 3.8) is 0 Å². The Bertz CT molecular complexity index is 591. The van der Waals surface area contributed by atoms with Crippen LogP contribution in [0.5, 0.6) is 0 Å². The summed E-state index contributed by atoms with van der Waals surface area (Å²) in [5.74, 6) is 5.39. The predicted molar refractivity (Wildman–Crippen MR) is 76.8 cm³/mol. The zero-order valence-electron chi connectivity index (χ0n) is 8.98. The van der Waals surface area contributed by atoms with E-state index in [-0.39, 0.29) is 5.78 Å². The van der Waals surface area contributed by atoms with Gasteiger partial charge < -0.3 is 0 Å². The summed E-state index contributed by atoms with van der Waals surface area (Å²) in [5.41, 5.74) is 1.52. The summed E-state index contributed by atoms with van der Waals surface area (Å²) >= 11 is 2.14. The average molecular weight is 332 g/mol. The zero-order valence-corrected chi connectivity index (χ0v) is 11.1. The molecule has 17 heavy (non-hydrogen) atoms. The monoisotopic (exact) mass is 332 g/mol. The summed E-state index contributed by atoms with van der Waals surface area (Å²) < 4.78 is 0.928. The van der Waals surface area contributed by atoms with Gasteiger partial charge in [-0.05, 0) is 52.8 Å². The molecule has 0 spiro atoms. The molecule has 0 aliphatic rings. The van der Waals surface area contributed by atoms with Gasteiger partial charge in [0.15, 0.2) is 0 Å². The first-order chi connectivity index (χ1) is 8.27. The van der Waals surface area contributed by atoms with Crippen molar-refractivity contribution < 1.29 is 4.79 Å². The van der Waals surface area contributed by atoms with Gasteiger partial charge in [0.05, 0.1) is 0 Å². The Kier molecular flexibility index (Phi) is 3.94. The van der Waals surface area contributed by atoms with Crippen LogP contribution in [0.15, 0.2) is 54.6 Å². The Labute approximate surface area is 114 Å². The van der Waals surface area contributed by atoms with Crippen LogP contribution in [0, 0.1) is 15.4 Å². The molecule has 0 bridgehead atoms. The van der Waals surface area contributed by atoms with Crippen molar-refractivity contribution in [2.24, 2.45) is 0 Å². The van der Waals surface area contributed by atoms with E-state index in [1.165, 1.54) is 0 Å². The van der Waals surface area contributed by atoms with Crippen LogP contribution >= 0.6 is 22.6 Å². The summed E-state index contributed by atoms with van der Waals surface area (Å²) in [6, 6.07) is 17.0. The third-order valence-corrected chi connectivity index (χ3v) is 3.15. The number of rotatable bonds is 1. The number of carbonyl (C=O) groups excluding carboxylic acids is 1. The summed E-state index contributed by atoms with van der Waals surface area (Å²) in [7, 11) is 0. The fraction of sp³-hybridized carbons (Fsp3) is 0. The standard InChI is InChI=1S/C15H9IO/c16-14-9-5-4-8-13(14)15(17)11-10-12-6-2-1-3-7-12/h1-9H. The molecular formula is C15H9IO. The van der Waals surface area contributed by atoms with Crippen molar-refractivity contribution in [1.82, 2.24) is 0 Å². The van der Waals surface area contributed by atoms with E-state index in [1.54, 1.807) is 6.07 Å². The first-order valence-corrected chi connectivity index (χ1v) is 6.21. The average Bonchev–Trinajstić information content (AvgIpc) is 2.38. The summed E-state index contributed by atoms with van der Waals surface area (Å²) in [6.07, 6.45) is 0.